The van der Waals surface area contributed by atoms with Gasteiger partial charge in [0.25, 0.3) is 0 Å². The van der Waals surface area contributed by atoms with Crippen LogP contribution >= 0.6 is 0 Å². The van der Waals surface area contributed by atoms with Crippen LogP contribution in [0.3, 0.4) is 0 Å². The van der Waals surface area contributed by atoms with Gasteiger partial charge in [-0.1, -0.05) is 18.2 Å². The minimum Gasteiger partial charge on any atom is -0.508 e. The van der Waals surface area contributed by atoms with Crippen LogP contribution < -0.4 is 19.6 Å². The Morgan fingerprint density at radius 1 is 0.853 bits per heavy atom. The molecule has 2 N–H and O–H groups in total. The number of carbonyl (C=O) groups is 1. The van der Waals surface area contributed by atoms with Crippen molar-refractivity contribution in [1.82, 2.24) is 0 Å². The van der Waals surface area contributed by atoms with Crippen molar-refractivity contribution >= 4 is 16.9 Å². The van der Waals surface area contributed by atoms with E-state index in [2.05, 4.69) is 0 Å². The summed E-state index contributed by atoms with van der Waals surface area (Å²) in [5, 5.41) is 20.2. The normalized spacial score (nSPS) is 16.7. The van der Waals surface area contributed by atoms with Crippen molar-refractivity contribution in [3.05, 3.63) is 76.1 Å². The maximum absolute atomic E-state index is 13.4. The van der Waals surface area contributed by atoms with E-state index in [9.17, 15) is 19.8 Å². The van der Waals surface area contributed by atoms with Crippen molar-refractivity contribution < 1.29 is 33.6 Å². The minimum absolute atomic E-state index is 0.00943. The van der Waals surface area contributed by atoms with Crippen LogP contribution in [0.4, 0.5) is 0 Å². The summed E-state index contributed by atoms with van der Waals surface area (Å²) in [6.45, 7) is 0.884. The standard InChI is InChI=1S/C26H18O8/c27-15-4-1-13(2-5-15)17-12-33-26-23-16(14-3-6-19-20(9-14)32-8-7-31-19)10-22(29)34-21(23)11-18(28)24(26)25(17)30/h1-6,9,11-12,16,27-28H,7-8,10H2/t16-/m1/s1. The number of aromatic hydroxyl groups is 2. The van der Waals surface area contributed by atoms with Crippen molar-refractivity contribution in [1.29, 1.82) is 0 Å². The van der Waals surface area contributed by atoms with Crippen LogP contribution in [0.25, 0.3) is 22.1 Å². The molecule has 0 fully saturated rings. The fraction of sp³-hybridized carbons (Fsp3) is 0.154. The second-order valence-corrected chi connectivity index (χ2v) is 8.17. The Hall–Kier alpha value is -4.46. The van der Waals surface area contributed by atoms with Crippen LogP contribution in [0.15, 0.2) is 64.0 Å². The van der Waals surface area contributed by atoms with Gasteiger partial charge in [0.15, 0.2) is 11.5 Å². The minimum atomic E-state index is -0.488. The molecule has 170 valence electrons. The van der Waals surface area contributed by atoms with E-state index in [1.165, 1.54) is 24.5 Å². The first-order valence-corrected chi connectivity index (χ1v) is 10.7. The molecule has 0 bridgehead atoms. The van der Waals surface area contributed by atoms with Crippen molar-refractivity contribution in [3.63, 3.8) is 0 Å². The van der Waals surface area contributed by atoms with E-state index in [0.717, 1.165) is 5.56 Å². The summed E-state index contributed by atoms with van der Waals surface area (Å²) < 4.78 is 22.6. The molecule has 3 heterocycles. The average molecular weight is 458 g/mol. The molecule has 0 radical (unpaired) electrons. The average Bonchev–Trinajstić information content (AvgIpc) is 2.84. The summed E-state index contributed by atoms with van der Waals surface area (Å²) in [6, 6.07) is 12.8. The Labute approximate surface area is 192 Å². The maximum Gasteiger partial charge on any atom is 0.312 e. The molecule has 34 heavy (non-hydrogen) atoms. The van der Waals surface area contributed by atoms with E-state index in [1.54, 1.807) is 18.2 Å². The number of phenolic OH excluding ortho intramolecular Hbond substituents is 2. The lowest BCUT2D eigenvalue weighted by molar-refractivity contribution is -0.135. The Balaban J connectivity index is 1.56. The van der Waals surface area contributed by atoms with Gasteiger partial charge in [-0.15, -0.1) is 0 Å². The summed E-state index contributed by atoms with van der Waals surface area (Å²) in [6.07, 6.45) is 1.34. The topological polar surface area (TPSA) is 115 Å². The molecule has 0 amide bonds. The van der Waals surface area contributed by atoms with Crippen molar-refractivity contribution in [2.75, 3.05) is 13.2 Å². The molecular weight excluding hydrogens is 440 g/mol. The Morgan fingerprint density at radius 3 is 2.41 bits per heavy atom. The van der Waals surface area contributed by atoms with Gasteiger partial charge < -0.3 is 28.8 Å². The number of carbonyl (C=O) groups excluding carboxylic acids is 1. The molecule has 2 aliphatic rings. The lowest BCUT2D eigenvalue weighted by atomic mass is 9.84. The number of benzene rings is 3. The lowest BCUT2D eigenvalue weighted by Crippen LogP contribution is -2.22. The van der Waals surface area contributed by atoms with Crippen LogP contribution in [-0.4, -0.2) is 29.4 Å². The van der Waals surface area contributed by atoms with E-state index in [1.807, 2.05) is 12.1 Å². The summed E-state index contributed by atoms with van der Waals surface area (Å²) >= 11 is 0. The van der Waals surface area contributed by atoms with Gasteiger partial charge in [-0.25, -0.2) is 0 Å². The van der Waals surface area contributed by atoms with Gasteiger partial charge in [-0.05, 0) is 35.4 Å². The highest BCUT2D eigenvalue weighted by molar-refractivity contribution is 5.94. The van der Waals surface area contributed by atoms with Crippen LogP contribution in [0, 0.1) is 0 Å². The zero-order valence-corrected chi connectivity index (χ0v) is 17.7. The third-order valence-corrected chi connectivity index (χ3v) is 6.12. The molecule has 0 saturated carbocycles. The number of hydrogen-bond donors (Lipinski definition) is 2. The first-order chi connectivity index (χ1) is 16.5. The molecule has 0 spiro atoms. The predicted octanol–water partition coefficient (Wildman–Crippen LogP) is 4.08. The lowest BCUT2D eigenvalue weighted by Gasteiger charge is -2.27. The Bertz CT molecular complexity index is 1520. The summed E-state index contributed by atoms with van der Waals surface area (Å²) in [4.78, 5) is 25.8. The van der Waals surface area contributed by atoms with Gasteiger partial charge in [-0.3, -0.25) is 9.59 Å². The van der Waals surface area contributed by atoms with Gasteiger partial charge >= 0.3 is 5.97 Å². The highest BCUT2D eigenvalue weighted by Gasteiger charge is 2.34. The molecule has 1 atom stereocenters. The van der Waals surface area contributed by atoms with Gasteiger partial charge in [0.2, 0.25) is 5.43 Å². The maximum atomic E-state index is 13.4. The summed E-state index contributed by atoms with van der Waals surface area (Å²) in [5.41, 5.74) is 1.73. The molecular formula is C26H18O8. The third-order valence-electron chi connectivity index (χ3n) is 6.12. The second kappa shape index (κ2) is 7.55. The third kappa shape index (κ3) is 3.14. The SMILES string of the molecule is O=C1C[C@H](c2ccc3c(c2)OCCO3)c2c(cc(O)c3c(=O)c(-c4ccc(O)cc4)coc23)O1. The van der Waals surface area contributed by atoms with E-state index in [4.69, 9.17) is 18.6 Å². The molecule has 8 nitrogen and oxygen atoms in total. The molecule has 8 heteroatoms. The van der Waals surface area contributed by atoms with Crippen LogP contribution in [0.1, 0.15) is 23.5 Å². The Morgan fingerprint density at radius 2 is 1.62 bits per heavy atom. The largest absolute Gasteiger partial charge is 0.508 e. The zero-order chi connectivity index (χ0) is 23.4. The van der Waals surface area contributed by atoms with E-state index in [-0.39, 0.29) is 40.2 Å². The first kappa shape index (κ1) is 20.2. The van der Waals surface area contributed by atoms with E-state index in [0.29, 0.717) is 35.8 Å². The van der Waals surface area contributed by atoms with Crippen molar-refractivity contribution in [3.8, 4) is 39.9 Å². The van der Waals surface area contributed by atoms with Crippen LogP contribution in [0.5, 0.6) is 28.7 Å². The Kier molecular flexibility index (Phi) is 4.48. The van der Waals surface area contributed by atoms with Crippen LogP contribution in [-0.2, 0) is 4.79 Å². The number of phenols is 2. The molecule has 0 unspecified atom stereocenters. The van der Waals surface area contributed by atoms with E-state index < -0.39 is 17.3 Å². The van der Waals surface area contributed by atoms with Crippen molar-refractivity contribution in [2.24, 2.45) is 0 Å². The van der Waals surface area contributed by atoms with Crippen LogP contribution in [0.2, 0.25) is 0 Å². The molecule has 0 saturated heterocycles. The fourth-order valence-electron chi connectivity index (χ4n) is 4.53. The molecule has 2 aliphatic heterocycles. The number of rotatable bonds is 2. The first-order valence-electron chi connectivity index (χ1n) is 10.7. The van der Waals surface area contributed by atoms with E-state index >= 15 is 0 Å². The predicted molar refractivity (Wildman–Crippen MR) is 121 cm³/mol. The zero-order valence-electron chi connectivity index (χ0n) is 17.7. The van der Waals surface area contributed by atoms with Crippen molar-refractivity contribution in [2.45, 2.75) is 12.3 Å². The molecule has 6 rings (SSSR count). The van der Waals surface area contributed by atoms with Gasteiger partial charge in [0.1, 0.15) is 47.7 Å². The molecule has 4 aromatic rings. The molecule has 0 aliphatic carbocycles. The molecule has 3 aromatic carbocycles. The van der Waals surface area contributed by atoms with Gasteiger partial charge in [-0.2, -0.15) is 0 Å². The number of esters is 1. The fourth-order valence-corrected chi connectivity index (χ4v) is 4.53. The quantitative estimate of drug-likeness (QED) is 0.341. The number of ether oxygens (including phenoxy) is 3. The smallest absolute Gasteiger partial charge is 0.312 e. The number of hydrogen-bond acceptors (Lipinski definition) is 8. The van der Waals surface area contributed by atoms with Gasteiger partial charge in [0, 0.05) is 17.5 Å². The van der Waals surface area contributed by atoms with Gasteiger partial charge in [0.05, 0.1) is 12.0 Å². The molecule has 1 aromatic heterocycles. The highest BCUT2D eigenvalue weighted by atomic mass is 16.6. The summed E-state index contributed by atoms with van der Waals surface area (Å²) in [5.74, 6) is 0.0973. The second-order valence-electron chi connectivity index (χ2n) is 8.17. The monoisotopic (exact) mass is 458 g/mol. The highest BCUT2D eigenvalue weighted by Crippen LogP contribution is 2.47. The summed E-state index contributed by atoms with van der Waals surface area (Å²) in [7, 11) is 0. The number of fused-ring (bicyclic) bond motifs is 4.